The van der Waals surface area contributed by atoms with Gasteiger partial charge in [-0.2, -0.15) is 0 Å². The maximum atomic E-state index is 13.0. The summed E-state index contributed by atoms with van der Waals surface area (Å²) in [4.78, 5) is 8.32. The number of methoxy groups -OCH3 is 1. The van der Waals surface area contributed by atoms with Crippen LogP contribution in [0, 0.1) is 5.82 Å². The summed E-state index contributed by atoms with van der Waals surface area (Å²) in [6.07, 6.45) is 0.696. The second-order valence-electron chi connectivity index (χ2n) is 4.33. The van der Waals surface area contributed by atoms with Crippen molar-refractivity contribution in [1.82, 2.24) is 9.97 Å². The molecule has 0 fully saturated rings. The Bertz CT molecular complexity index is 577. The van der Waals surface area contributed by atoms with E-state index in [9.17, 15) is 4.39 Å². The number of ether oxygens (including phenoxy) is 1. The molecule has 0 spiro atoms. The molecule has 0 atom stereocenters. The van der Waals surface area contributed by atoms with Gasteiger partial charge < -0.3 is 15.8 Å². The van der Waals surface area contributed by atoms with Gasteiger partial charge in [0.1, 0.15) is 24.1 Å². The highest BCUT2D eigenvalue weighted by atomic mass is 19.1. The van der Waals surface area contributed by atoms with Crippen LogP contribution < -0.4 is 11.1 Å². The lowest BCUT2D eigenvalue weighted by molar-refractivity contribution is 0.178. The van der Waals surface area contributed by atoms with Crippen LogP contribution in [0.25, 0.3) is 0 Å². The minimum absolute atomic E-state index is 0.226. The highest BCUT2D eigenvalue weighted by Crippen LogP contribution is 2.10. The molecule has 5 nitrogen and oxygen atoms in total. The average molecular weight is 276 g/mol. The molecule has 6 heteroatoms. The van der Waals surface area contributed by atoms with Crippen LogP contribution in [0.2, 0.25) is 0 Å². The lowest BCUT2D eigenvalue weighted by Crippen LogP contribution is -2.10. The first-order valence-electron chi connectivity index (χ1n) is 6.28. The van der Waals surface area contributed by atoms with Crippen LogP contribution in [-0.4, -0.2) is 23.6 Å². The zero-order chi connectivity index (χ0) is 14.4. The van der Waals surface area contributed by atoms with E-state index in [1.54, 1.807) is 19.2 Å². The van der Waals surface area contributed by atoms with E-state index >= 15 is 0 Å². The van der Waals surface area contributed by atoms with Gasteiger partial charge in [0, 0.05) is 19.7 Å². The SMILES string of the molecule is COCc1nc(N)cc(NCCc2cccc(F)c2)n1. The number of rotatable bonds is 6. The van der Waals surface area contributed by atoms with Gasteiger partial charge in [0.25, 0.3) is 0 Å². The van der Waals surface area contributed by atoms with Crippen LogP contribution >= 0.6 is 0 Å². The summed E-state index contributed by atoms with van der Waals surface area (Å²) in [5.74, 6) is 1.33. The second kappa shape index (κ2) is 6.81. The van der Waals surface area contributed by atoms with Gasteiger partial charge in [-0.15, -0.1) is 0 Å². The summed E-state index contributed by atoms with van der Waals surface area (Å²) < 4.78 is 18.0. The molecule has 0 aliphatic heterocycles. The molecule has 0 radical (unpaired) electrons. The highest BCUT2D eigenvalue weighted by molar-refractivity contribution is 5.44. The van der Waals surface area contributed by atoms with Crippen molar-refractivity contribution in [3.8, 4) is 0 Å². The van der Waals surface area contributed by atoms with Crippen LogP contribution in [0.4, 0.5) is 16.0 Å². The van der Waals surface area contributed by atoms with Gasteiger partial charge in [0.2, 0.25) is 0 Å². The fraction of sp³-hybridized carbons (Fsp3) is 0.286. The van der Waals surface area contributed by atoms with Crippen molar-refractivity contribution >= 4 is 11.6 Å². The summed E-state index contributed by atoms with van der Waals surface area (Å²) in [6, 6.07) is 8.19. The maximum absolute atomic E-state index is 13.0. The third-order valence-corrected chi connectivity index (χ3v) is 2.67. The van der Waals surface area contributed by atoms with Crippen molar-refractivity contribution in [2.75, 3.05) is 24.7 Å². The molecule has 1 aromatic carbocycles. The molecule has 2 rings (SSSR count). The van der Waals surface area contributed by atoms with Crippen LogP contribution in [-0.2, 0) is 17.8 Å². The van der Waals surface area contributed by atoms with E-state index in [1.165, 1.54) is 12.1 Å². The number of halogens is 1. The van der Waals surface area contributed by atoms with Gasteiger partial charge >= 0.3 is 0 Å². The lowest BCUT2D eigenvalue weighted by atomic mass is 10.1. The van der Waals surface area contributed by atoms with E-state index in [1.807, 2.05) is 6.07 Å². The van der Waals surface area contributed by atoms with Crippen molar-refractivity contribution < 1.29 is 9.13 Å². The molecule has 0 saturated carbocycles. The van der Waals surface area contributed by atoms with E-state index in [2.05, 4.69) is 15.3 Å². The first-order valence-corrected chi connectivity index (χ1v) is 6.28. The molecule has 0 unspecified atom stereocenters. The average Bonchev–Trinajstić information content (AvgIpc) is 2.38. The number of anilines is 2. The van der Waals surface area contributed by atoms with E-state index in [0.29, 0.717) is 37.0 Å². The van der Waals surface area contributed by atoms with Gasteiger partial charge in [0.15, 0.2) is 5.82 Å². The van der Waals surface area contributed by atoms with Crippen molar-refractivity contribution in [2.24, 2.45) is 0 Å². The predicted molar refractivity (Wildman–Crippen MR) is 75.8 cm³/mol. The largest absolute Gasteiger partial charge is 0.384 e. The Kier molecular flexibility index (Phi) is 4.84. The first kappa shape index (κ1) is 14.2. The van der Waals surface area contributed by atoms with Gasteiger partial charge in [-0.1, -0.05) is 12.1 Å². The Morgan fingerprint density at radius 3 is 2.90 bits per heavy atom. The molecule has 0 amide bonds. The van der Waals surface area contributed by atoms with E-state index in [4.69, 9.17) is 10.5 Å². The van der Waals surface area contributed by atoms with Gasteiger partial charge in [0.05, 0.1) is 0 Å². The smallest absolute Gasteiger partial charge is 0.158 e. The zero-order valence-electron chi connectivity index (χ0n) is 11.3. The zero-order valence-corrected chi connectivity index (χ0v) is 11.3. The lowest BCUT2D eigenvalue weighted by Gasteiger charge is -2.08. The number of benzene rings is 1. The van der Waals surface area contributed by atoms with Crippen LogP contribution in [0.5, 0.6) is 0 Å². The Morgan fingerprint density at radius 1 is 1.30 bits per heavy atom. The highest BCUT2D eigenvalue weighted by Gasteiger charge is 2.02. The Labute approximate surface area is 117 Å². The Hall–Kier alpha value is -2.21. The quantitative estimate of drug-likeness (QED) is 0.844. The molecule has 1 aromatic heterocycles. The molecule has 106 valence electrons. The summed E-state index contributed by atoms with van der Waals surface area (Å²) in [5.41, 5.74) is 6.62. The molecule has 1 heterocycles. The number of hydrogen-bond acceptors (Lipinski definition) is 5. The van der Waals surface area contributed by atoms with Crippen LogP contribution in [0.15, 0.2) is 30.3 Å². The van der Waals surface area contributed by atoms with E-state index in [0.717, 1.165) is 5.56 Å². The number of hydrogen-bond donors (Lipinski definition) is 2. The molecule has 2 aromatic rings. The first-order chi connectivity index (χ1) is 9.67. The monoisotopic (exact) mass is 276 g/mol. The topological polar surface area (TPSA) is 73.1 Å². The summed E-state index contributed by atoms with van der Waals surface area (Å²) >= 11 is 0. The summed E-state index contributed by atoms with van der Waals surface area (Å²) in [7, 11) is 1.57. The number of nitrogen functional groups attached to an aromatic ring is 1. The van der Waals surface area contributed by atoms with Crippen molar-refractivity contribution in [3.05, 3.63) is 47.5 Å². The van der Waals surface area contributed by atoms with E-state index < -0.39 is 0 Å². The predicted octanol–water partition coefficient (Wildman–Crippen LogP) is 2.00. The minimum Gasteiger partial charge on any atom is -0.384 e. The van der Waals surface area contributed by atoms with Crippen molar-refractivity contribution in [1.29, 1.82) is 0 Å². The molecule has 0 aliphatic carbocycles. The standard InChI is InChI=1S/C14H17FN4O/c1-20-9-14-18-12(16)8-13(19-14)17-6-5-10-3-2-4-11(15)7-10/h2-4,7-8H,5-6,9H2,1H3,(H3,16,17,18,19). The summed E-state index contributed by atoms with van der Waals surface area (Å²) in [5, 5.41) is 3.14. The fourth-order valence-electron chi connectivity index (χ4n) is 1.83. The fourth-order valence-corrected chi connectivity index (χ4v) is 1.83. The van der Waals surface area contributed by atoms with Gasteiger partial charge in [-0.3, -0.25) is 0 Å². The normalized spacial score (nSPS) is 10.5. The number of nitrogens with one attached hydrogen (secondary N) is 1. The Morgan fingerprint density at radius 2 is 2.15 bits per heavy atom. The minimum atomic E-state index is -0.226. The number of nitrogens with zero attached hydrogens (tertiary/aromatic N) is 2. The second-order valence-corrected chi connectivity index (χ2v) is 4.33. The van der Waals surface area contributed by atoms with Crippen LogP contribution in [0.3, 0.4) is 0 Å². The molecule has 0 aliphatic rings. The molecular formula is C14H17FN4O. The van der Waals surface area contributed by atoms with Gasteiger partial charge in [-0.05, 0) is 24.1 Å². The molecule has 0 saturated heterocycles. The third-order valence-electron chi connectivity index (χ3n) is 2.67. The molecule has 0 bridgehead atoms. The molecule has 20 heavy (non-hydrogen) atoms. The van der Waals surface area contributed by atoms with Crippen LogP contribution in [0.1, 0.15) is 11.4 Å². The van der Waals surface area contributed by atoms with Gasteiger partial charge in [-0.25, -0.2) is 14.4 Å². The number of nitrogens with two attached hydrogens (primary N) is 1. The summed E-state index contributed by atoms with van der Waals surface area (Å²) in [6.45, 7) is 0.940. The Balaban J connectivity index is 1.93. The third kappa shape index (κ3) is 4.17. The number of aromatic nitrogens is 2. The molecule has 3 N–H and O–H groups in total. The molecular weight excluding hydrogens is 259 g/mol. The van der Waals surface area contributed by atoms with E-state index in [-0.39, 0.29) is 5.82 Å². The van der Waals surface area contributed by atoms with Crippen molar-refractivity contribution in [3.63, 3.8) is 0 Å². The van der Waals surface area contributed by atoms with Crippen molar-refractivity contribution in [2.45, 2.75) is 13.0 Å². The maximum Gasteiger partial charge on any atom is 0.158 e.